The van der Waals surface area contributed by atoms with Gasteiger partial charge in [0.25, 0.3) is 23.6 Å². The zero-order valence-electron chi connectivity index (χ0n) is 28.3. The summed E-state index contributed by atoms with van der Waals surface area (Å²) in [5.74, 6) is -0.825. The molecule has 4 aliphatic rings. The van der Waals surface area contributed by atoms with E-state index >= 15 is 0 Å². The highest BCUT2D eigenvalue weighted by atomic mass is 16.2. The van der Waals surface area contributed by atoms with Crippen molar-refractivity contribution in [2.24, 2.45) is 0 Å². The number of imide groups is 2. The molecule has 8 heteroatoms. The van der Waals surface area contributed by atoms with Gasteiger partial charge in [-0.1, -0.05) is 38.1 Å². The van der Waals surface area contributed by atoms with E-state index in [1.54, 1.807) is 0 Å². The molecule has 8 nitrogen and oxygen atoms in total. The molecule has 0 fully saturated rings. The van der Waals surface area contributed by atoms with Crippen molar-refractivity contribution in [3.8, 4) is 0 Å². The van der Waals surface area contributed by atoms with Gasteiger partial charge in [-0.2, -0.15) is 0 Å². The molecule has 8 rings (SSSR count). The van der Waals surface area contributed by atoms with Crippen LogP contribution in [0.15, 0.2) is 48.5 Å². The highest BCUT2D eigenvalue weighted by Gasteiger charge is 2.35. The van der Waals surface area contributed by atoms with Gasteiger partial charge in [0.1, 0.15) is 0 Å². The van der Waals surface area contributed by atoms with E-state index in [4.69, 9.17) is 0 Å². The Labute approximate surface area is 282 Å². The molecule has 4 aromatic carbocycles. The van der Waals surface area contributed by atoms with Gasteiger partial charge in [0.05, 0.1) is 0 Å². The molecule has 2 aliphatic heterocycles. The molecule has 4 amide bonds. The summed E-state index contributed by atoms with van der Waals surface area (Å²) in [6.07, 6.45) is 6.99. The highest BCUT2D eigenvalue weighted by molar-refractivity contribution is 6.27. The van der Waals surface area contributed by atoms with Gasteiger partial charge in [-0.15, -0.1) is 0 Å². The third-order valence-corrected chi connectivity index (χ3v) is 10.5. The fourth-order valence-electron chi connectivity index (χ4n) is 8.12. The quantitative estimate of drug-likeness (QED) is 0.173. The normalized spacial score (nSPS) is 16.2. The summed E-state index contributed by atoms with van der Waals surface area (Å²) in [7, 11) is 2.00. The number of hydrogen-bond acceptors (Lipinski definition) is 6. The molecule has 48 heavy (non-hydrogen) atoms. The van der Waals surface area contributed by atoms with Crippen LogP contribution in [0.5, 0.6) is 0 Å². The number of nitrogens with zero attached hydrogens (tertiary/aromatic N) is 3. The van der Waals surface area contributed by atoms with Crippen LogP contribution in [0.4, 0.5) is 0 Å². The van der Waals surface area contributed by atoms with Crippen LogP contribution in [0.1, 0.15) is 96.8 Å². The van der Waals surface area contributed by atoms with Gasteiger partial charge in [-0.05, 0) is 122 Å². The SMILES string of the molecule is CC.CN(CCCNCCN1C(=O)c2ccc3c4c(ccc(c24)C1=O)CCC3)CCN1C(=O)c2ccc3c4c(ccc(c24)C1=O)CCC3. The lowest BCUT2D eigenvalue weighted by atomic mass is 9.83. The van der Waals surface area contributed by atoms with Crippen molar-refractivity contribution in [1.29, 1.82) is 0 Å². The Morgan fingerprint density at radius 2 is 0.938 bits per heavy atom. The Morgan fingerprint density at radius 3 is 1.35 bits per heavy atom. The van der Waals surface area contributed by atoms with Crippen LogP contribution in [0.3, 0.4) is 0 Å². The highest BCUT2D eigenvalue weighted by Crippen LogP contribution is 2.39. The summed E-state index contributed by atoms with van der Waals surface area (Å²) in [5.41, 5.74) is 7.50. The monoisotopic (exact) mass is 644 g/mol. The van der Waals surface area contributed by atoms with E-state index in [1.165, 1.54) is 32.1 Å². The maximum atomic E-state index is 13.5. The second-order valence-corrected chi connectivity index (χ2v) is 13.2. The average Bonchev–Trinajstić information content (AvgIpc) is 3.11. The number of aryl methyl sites for hydroxylation is 4. The Balaban J connectivity index is 0.00000179. The Hall–Kier alpha value is -4.40. The summed E-state index contributed by atoms with van der Waals surface area (Å²) in [6, 6.07) is 15.9. The lowest BCUT2D eigenvalue weighted by Gasteiger charge is -2.31. The second kappa shape index (κ2) is 13.2. The minimum absolute atomic E-state index is 0.202. The van der Waals surface area contributed by atoms with E-state index in [1.807, 2.05) is 45.2 Å². The Morgan fingerprint density at radius 1 is 0.542 bits per heavy atom. The van der Waals surface area contributed by atoms with Gasteiger partial charge in [0.2, 0.25) is 0 Å². The van der Waals surface area contributed by atoms with E-state index in [9.17, 15) is 19.2 Å². The van der Waals surface area contributed by atoms with E-state index in [2.05, 4.69) is 34.5 Å². The summed E-state index contributed by atoms with van der Waals surface area (Å²) >= 11 is 0. The van der Waals surface area contributed by atoms with Crippen molar-refractivity contribution in [2.75, 3.05) is 46.3 Å². The van der Waals surface area contributed by atoms with Crippen molar-refractivity contribution in [3.63, 3.8) is 0 Å². The molecule has 2 heterocycles. The molecule has 4 aromatic rings. The number of carbonyl (C=O) groups excluding carboxylic acids is 4. The van der Waals surface area contributed by atoms with E-state index in [0.29, 0.717) is 48.4 Å². The summed E-state index contributed by atoms with van der Waals surface area (Å²) in [6.45, 7) is 7.25. The van der Waals surface area contributed by atoms with Gasteiger partial charge >= 0.3 is 0 Å². The van der Waals surface area contributed by atoms with Crippen LogP contribution >= 0.6 is 0 Å². The maximum absolute atomic E-state index is 13.5. The predicted molar refractivity (Wildman–Crippen MR) is 189 cm³/mol. The molecule has 0 radical (unpaired) electrons. The van der Waals surface area contributed by atoms with E-state index in [0.717, 1.165) is 79.6 Å². The fraction of sp³-hybridized carbons (Fsp3) is 0.400. The van der Waals surface area contributed by atoms with Crippen molar-refractivity contribution in [2.45, 2.75) is 58.8 Å². The maximum Gasteiger partial charge on any atom is 0.261 e. The third-order valence-electron chi connectivity index (χ3n) is 10.5. The molecule has 1 N–H and O–H groups in total. The lowest BCUT2D eigenvalue weighted by Crippen LogP contribution is -2.45. The van der Waals surface area contributed by atoms with Gasteiger partial charge < -0.3 is 10.2 Å². The zero-order valence-corrected chi connectivity index (χ0v) is 28.3. The summed E-state index contributed by atoms with van der Waals surface area (Å²) < 4.78 is 0. The van der Waals surface area contributed by atoms with Crippen molar-refractivity contribution in [1.82, 2.24) is 20.0 Å². The van der Waals surface area contributed by atoms with Crippen molar-refractivity contribution >= 4 is 45.2 Å². The van der Waals surface area contributed by atoms with Gasteiger partial charge in [0.15, 0.2) is 0 Å². The van der Waals surface area contributed by atoms with E-state index in [-0.39, 0.29) is 23.6 Å². The number of benzene rings is 4. The van der Waals surface area contributed by atoms with Crippen molar-refractivity contribution < 1.29 is 19.2 Å². The first-order valence-corrected chi connectivity index (χ1v) is 17.7. The van der Waals surface area contributed by atoms with E-state index < -0.39 is 0 Å². The third kappa shape index (κ3) is 5.31. The number of carbonyl (C=O) groups is 4. The number of rotatable bonds is 10. The number of likely N-dealkylation sites (N-methyl/N-ethyl adjacent to an activating group) is 1. The molecule has 0 saturated carbocycles. The van der Waals surface area contributed by atoms with Gasteiger partial charge in [-0.25, -0.2) is 0 Å². The van der Waals surface area contributed by atoms with Gasteiger partial charge in [-0.3, -0.25) is 29.0 Å². The number of nitrogens with one attached hydrogen (secondary N) is 1. The number of hydrogen-bond donors (Lipinski definition) is 1. The minimum atomic E-state index is -0.210. The standard InChI is InChI=1S/C38H38N4O4.C2H6/c1-40(21-22-42-37(45)29-15-11-25-7-3-8-26-12-16-30(38(42)46)34(29)32(25)26)19-4-17-39-18-20-41-35(43)27-13-9-23-5-2-6-24-10-14-28(36(41)44)33(27)31(23)24;1-2/h9-16,39H,2-8,17-22H2,1H3;1-2H3. The first-order valence-electron chi connectivity index (χ1n) is 17.7. The smallest absolute Gasteiger partial charge is 0.261 e. The van der Waals surface area contributed by atoms with Crippen LogP contribution in [-0.4, -0.2) is 84.6 Å². The molecule has 0 unspecified atom stereocenters. The summed E-state index contributed by atoms with van der Waals surface area (Å²) in [4.78, 5) is 58.6. The zero-order chi connectivity index (χ0) is 33.5. The topological polar surface area (TPSA) is 90.0 Å². The van der Waals surface area contributed by atoms with Crippen LogP contribution in [0.2, 0.25) is 0 Å². The van der Waals surface area contributed by atoms with Crippen LogP contribution < -0.4 is 5.32 Å². The largest absolute Gasteiger partial charge is 0.315 e. The molecule has 0 spiro atoms. The van der Waals surface area contributed by atoms with Gasteiger partial charge in [0, 0.05) is 59.2 Å². The second-order valence-electron chi connectivity index (χ2n) is 13.2. The Kier molecular flexibility index (Phi) is 8.88. The molecular weight excluding hydrogens is 600 g/mol. The lowest BCUT2D eigenvalue weighted by molar-refractivity contribution is 0.0589. The average molecular weight is 645 g/mol. The van der Waals surface area contributed by atoms with Crippen molar-refractivity contribution in [3.05, 3.63) is 93.0 Å². The van der Waals surface area contributed by atoms with Crippen LogP contribution in [0.25, 0.3) is 21.5 Å². The molecule has 0 aromatic heterocycles. The Bertz CT molecular complexity index is 1860. The molecule has 0 saturated heterocycles. The van der Waals surface area contributed by atoms with Crippen LogP contribution in [0, 0.1) is 0 Å². The predicted octanol–water partition coefficient (Wildman–Crippen LogP) is 5.80. The fourth-order valence-corrected chi connectivity index (χ4v) is 8.12. The first kappa shape index (κ1) is 32.2. The number of amides is 4. The molecule has 0 bridgehead atoms. The molecule has 248 valence electrons. The first-order chi connectivity index (χ1) is 23.4. The van der Waals surface area contributed by atoms with Crippen LogP contribution in [-0.2, 0) is 25.7 Å². The molecular formula is C40H44N4O4. The molecule has 0 atom stereocenters. The summed E-state index contributed by atoms with van der Waals surface area (Å²) in [5, 5.41) is 7.30. The molecule has 2 aliphatic carbocycles. The minimum Gasteiger partial charge on any atom is -0.315 e.